The van der Waals surface area contributed by atoms with Crippen LogP contribution in [0.25, 0.3) is 0 Å². The van der Waals surface area contributed by atoms with Gasteiger partial charge in [0.1, 0.15) is 0 Å². The third-order valence-electron chi connectivity index (χ3n) is 4.64. The van der Waals surface area contributed by atoms with Crippen molar-refractivity contribution in [1.82, 2.24) is 5.32 Å². The number of ether oxygens (including phenoxy) is 1. The van der Waals surface area contributed by atoms with E-state index in [0.29, 0.717) is 18.1 Å². The maximum absolute atomic E-state index is 6.18. The fourth-order valence-corrected chi connectivity index (χ4v) is 3.59. The fraction of sp³-hybridized carbons (Fsp3) is 0.667. The second kappa shape index (κ2) is 7.80. The molecule has 0 aliphatic heterocycles. The van der Waals surface area contributed by atoms with E-state index in [9.17, 15) is 0 Å². The first-order chi connectivity index (χ1) is 9.77. The lowest BCUT2D eigenvalue weighted by Crippen LogP contribution is -2.38. The van der Waals surface area contributed by atoms with Crippen LogP contribution in [0.4, 0.5) is 0 Å². The third-order valence-corrected chi connectivity index (χ3v) is 4.64. The number of rotatable bonds is 6. The summed E-state index contributed by atoms with van der Waals surface area (Å²) in [5.74, 6) is 0.695. The van der Waals surface area contributed by atoms with E-state index >= 15 is 0 Å². The topological polar surface area (TPSA) is 21.3 Å². The van der Waals surface area contributed by atoms with E-state index in [1.54, 1.807) is 0 Å². The van der Waals surface area contributed by atoms with Crippen LogP contribution in [0.2, 0.25) is 0 Å². The van der Waals surface area contributed by atoms with Crippen molar-refractivity contribution in [2.24, 2.45) is 5.92 Å². The van der Waals surface area contributed by atoms with Crippen LogP contribution in [0.1, 0.15) is 56.2 Å². The number of benzene rings is 1. The van der Waals surface area contributed by atoms with Gasteiger partial charge >= 0.3 is 0 Å². The van der Waals surface area contributed by atoms with Crippen LogP contribution in [0.5, 0.6) is 0 Å². The predicted octanol–water partition coefficient (Wildman–Crippen LogP) is 4.24. The van der Waals surface area contributed by atoms with Crippen molar-refractivity contribution in [2.75, 3.05) is 13.7 Å². The lowest BCUT2D eigenvalue weighted by atomic mass is 9.80. The molecular formula is C18H29NO. The van der Waals surface area contributed by atoms with E-state index in [-0.39, 0.29) is 0 Å². The summed E-state index contributed by atoms with van der Waals surface area (Å²) < 4.78 is 6.18. The van der Waals surface area contributed by atoms with E-state index in [2.05, 4.69) is 50.5 Å². The Morgan fingerprint density at radius 1 is 1.20 bits per heavy atom. The van der Waals surface area contributed by atoms with Crippen LogP contribution < -0.4 is 5.32 Å². The van der Waals surface area contributed by atoms with Crippen molar-refractivity contribution in [3.63, 3.8) is 0 Å². The Labute approximate surface area is 123 Å². The van der Waals surface area contributed by atoms with Gasteiger partial charge in [-0.05, 0) is 50.8 Å². The largest absolute Gasteiger partial charge is 0.376 e. The van der Waals surface area contributed by atoms with Gasteiger partial charge < -0.3 is 10.1 Å². The summed E-state index contributed by atoms with van der Waals surface area (Å²) in [5, 5.41) is 3.52. The van der Waals surface area contributed by atoms with Crippen molar-refractivity contribution in [1.29, 1.82) is 0 Å². The molecule has 0 heterocycles. The quantitative estimate of drug-likeness (QED) is 0.838. The van der Waals surface area contributed by atoms with Crippen molar-refractivity contribution < 1.29 is 4.74 Å². The summed E-state index contributed by atoms with van der Waals surface area (Å²) >= 11 is 0. The zero-order valence-corrected chi connectivity index (χ0v) is 13.2. The third kappa shape index (κ3) is 3.62. The van der Waals surface area contributed by atoms with Crippen LogP contribution in [0, 0.1) is 12.8 Å². The molecule has 1 aromatic rings. The van der Waals surface area contributed by atoms with Gasteiger partial charge in [0.05, 0.1) is 12.1 Å². The van der Waals surface area contributed by atoms with E-state index in [0.717, 1.165) is 6.61 Å². The maximum Gasteiger partial charge on any atom is 0.0797 e. The summed E-state index contributed by atoms with van der Waals surface area (Å²) in [4.78, 5) is 0. The second-order valence-electron chi connectivity index (χ2n) is 5.94. The van der Waals surface area contributed by atoms with Crippen molar-refractivity contribution in [2.45, 2.75) is 58.1 Å². The molecule has 1 saturated carbocycles. The standard InChI is InChI=1S/C18H29NO/c1-4-20-18(15-11-6-5-7-12-15)17(19-3)16-13-9-8-10-14(16)2/h8-10,13,15,17-19H,4-7,11-12H2,1-3H3. The molecule has 1 N–H and O–H groups in total. The van der Waals surface area contributed by atoms with E-state index in [4.69, 9.17) is 4.74 Å². The second-order valence-corrected chi connectivity index (χ2v) is 5.94. The molecule has 2 heteroatoms. The summed E-state index contributed by atoms with van der Waals surface area (Å²) in [6.07, 6.45) is 7.04. The van der Waals surface area contributed by atoms with Crippen LogP contribution in [0.3, 0.4) is 0 Å². The molecule has 1 aliphatic carbocycles. The monoisotopic (exact) mass is 275 g/mol. The molecule has 2 unspecified atom stereocenters. The number of hydrogen-bond acceptors (Lipinski definition) is 2. The Kier molecular flexibility index (Phi) is 6.06. The first kappa shape index (κ1) is 15.5. The van der Waals surface area contributed by atoms with Crippen molar-refractivity contribution in [3.8, 4) is 0 Å². The average Bonchev–Trinajstić information content (AvgIpc) is 2.50. The molecule has 2 atom stereocenters. The first-order valence-corrected chi connectivity index (χ1v) is 8.12. The Morgan fingerprint density at radius 3 is 2.50 bits per heavy atom. The molecule has 0 radical (unpaired) electrons. The van der Waals surface area contributed by atoms with Gasteiger partial charge in [-0.25, -0.2) is 0 Å². The van der Waals surface area contributed by atoms with E-state index < -0.39 is 0 Å². The van der Waals surface area contributed by atoms with Gasteiger partial charge in [-0.1, -0.05) is 43.5 Å². The van der Waals surface area contributed by atoms with E-state index in [1.807, 2.05) is 0 Å². The highest BCUT2D eigenvalue weighted by Gasteiger charge is 2.31. The average molecular weight is 275 g/mol. The lowest BCUT2D eigenvalue weighted by Gasteiger charge is -2.36. The van der Waals surface area contributed by atoms with Gasteiger partial charge in [0.15, 0.2) is 0 Å². The Morgan fingerprint density at radius 2 is 1.90 bits per heavy atom. The highest BCUT2D eigenvalue weighted by atomic mass is 16.5. The van der Waals surface area contributed by atoms with Crippen LogP contribution >= 0.6 is 0 Å². The van der Waals surface area contributed by atoms with Gasteiger partial charge in [0, 0.05) is 6.61 Å². The Hall–Kier alpha value is -0.860. The number of nitrogens with one attached hydrogen (secondary N) is 1. The van der Waals surface area contributed by atoms with Gasteiger partial charge in [-0.3, -0.25) is 0 Å². The minimum Gasteiger partial charge on any atom is -0.376 e. The summed E-state index contributed by atoms with van der Waals surface area (Å²) in [6.45, 7) is 5.11. The molecule has 2 rings (SSSR count). The van der Waals surface area contributed by atoms with Crippen LogP contribution in [0.15, 0.2) is 24.3 Å². The minimum atomic E-state index is 0.298. The Bertz CT molecular complexity index is 398. The van der Waals surface area contributed by atoms with Crippen LogP contribution in [-0.2, 0) is 4.74 Å². The van der Waals surface area contributed by atoms with Crippen LogP contribution in [-0.4, -0.2) is 19.8 Å². The number of aryl methyl sites for hydroxylation is 1. The smallest absolute Gasteiger partial charge is 0.0797 e. The molecule has 0 spiro atoms. The molecule has 0 bridgehead atoms. The number of hydrogen-bond donors (Lipinski definition) is 1. The summed E-state index contributed by atoms with van der Waals surface area (Å²) in [7, 11) is 2.06. The molecule has 0 amide bonds. The molecule has 2 nitrogen and oxygen atoms in total. The molecular weight excluding hydrogens is 246 g/mol. The van der Waals surface area contributed by atoms with Gasteiger partial charge in [-0.2, -0.15) is 0 Å². The van der Waals surface area contributed by atoms with E-state index in [1.165, 1.54) is 43.2 Å². The first-order valence-electron chi connectivity index (χ1n) is 8.12. The number of likely N-dealkylation sites (N-methyl/N-ethyl adjacent to an activating group) is 1. The molecule has 20 heavy (non-hydrogen) atoms. The van der Waals surface area contributed by atoms with Gasteiger partial charge in [0.2, 0.25) is 0 Å². The zero-order chi connectivity index (χ0) is 14.4. The highest BCUT2D eigenvalue weighted by molar-refractivity contribution is 5.29. The molecule has 0 saturated heterocycles. The zero-order valence-electron chi connectivity index (χ0n) is 13.2. The summed E-state index contributed by atoms with van der Waals surface area (Å²) in [6, 6.07) is 8.99. The molecule has 0 aromatic heterocycles. The molecule has 1 aromatic carbocycles. The SMILES string of the molecule is CCOC(C1CCCCC1)C(NC)c1ccccc1C. The normalized spacial score (nSPS) is 19.8. The van der Waals surface area contributed by atoms with Crippen molar-refractivity contribution >= 4 is 0 Å². The molecule has 1 aliphatic rings. The van der Waals surface area contributed by atoms with Crippen molar-refractivity contribution in [3.05, 3.63) is 35.4 Å². The predicted molar refractivity (Wildman–Crippen MR) is 85.0 cm³/mol. The minimum absolute atomic E-state index is 0.298. The molecule has 1 fully saturated rings. The Balaban J connectivity index is 2.22. The lowest BCUT2D eigenvalue weighted by molar-refractivity contribution is -0.0169. The molecule has 112 valence electrons. The van der Waals surface area contributed by atoms with Gasteiger partial charge in [0.25, 0.3) is 0 Å². The maximum atomic E-state index is 6.18. The summed E-state index contributed by atoms with van der Waals surface area (Å²) in [5.41, 5.74) is 2.74. The highest BCUT2D eigenvalue weighted by Crippen LogP contribution is 2.35. The van der Waals surface area contributed by atoms with Gasteiger partial charge in [-0.15, -0.1) is 0 Å². The fourth-order valence-electron chi connectivity index (χ4n) is 3.59.